The number of hydrogen-bond donors (Lipinski definition) is 3. The van der Waals surface area contributed by atoms with Crippen molar-refractivity contribution in [2.75, 3.05) is 30.1 Å². The number of urea groups is 1. The summed E-state index contributed by atoms with van der Waals surface area (Å²) in [6.07, 6.45) is 3.16. The molecule has 0 spiro atoms. The Bertz CT molecular complexity index is 1240. The number of hydrogen-bond acceptors (Lipinski definition) is 6. The van der Waals surface area contributed by atoms with Crippen molar-refractivity contribution in [1.29, 1.82) is 0 Å². The van der Waals surface area contributed by atoms with Crippen molar-refractivity contribution >= 4 is 44.8 Å². The van der Waals surface area contributed by atoms with E-state index in [4.69, 9.17) is 10.5 Å². The van der Waals surface area contributed by atoms with Crippen LogP contribution in [0, 0.1) is 0 Å². The highest BCUT2D eigenvalue weighted by molar-refractivity contribution is 7.19. The van der Waals surface area contributed by atoms with E-state index in [1.165, 1.54) is 11.9 Å². The zero-order chi connectivity index (χ0) is 22.5. The van der Waals surface area contributed by atoms with E-state index in [-0.39, 0.29) is 6.03 Å². The fraction of sp³-hybridized carbons (Fsp3) is 0.208. The van der Waals surface area contributed by atoms with Gasteiger partial charge in [0.05, 0.1) is 12.0 Å². The van der Waals surface area contributed by atoms with E-state index in [1.807, 2.05) is 48.5 Å². The summed E-state index contributed by atoms with van der Waals surface area (Å²) in [5.74, 6) is 0.459. The van der Waals surface area contributed by atoms with Crippen molar-refractivity contribution in [3.63, 3.8) is 0 Å². The number of carbonyl (C=O) groups excluding carboxylic acids is 1. The van der Waals surface area contributed by atoms with Gasteiger partial charge in [-0.15, -0.1) is 11.3 Å². The van der Waals surface area contributed by atoms with Crippen LogP contribution in [-0.2, 0) is 17.6 Å². The van der Waals surface area contributed by atoms with Crippen molar-refractivity contribution in [1.82, 2.24) is 9.97 Å². The number of anilines is 3. The van der Waals surface area contributed by atoms with Gasteiger partial charge in [-0.1, -0.05) is 31.2 Å². The number of carbonyl (C=O) groups is 1. The van der Waals surface area contributed by atoms with Gasteiger partial charge in [-0.2, -0.15) is 0 Å². The largest absolute Gasteiger partial charge is 0.384 e. The third-order valence-electron chi connectivity index (χ3n) is 5.15. The lowest BCUT2D eigenvalue weighted by molar-refractivity contribution is 0.203. The molecule has 2 aromatic heterocycles. The van der Waals surface area contributed by atoms with E-state index in [0.29, 0.717) is 18.1 Å². The van der Waals surface area contributed by atoms with Gasteiger partial charge in [-0.3, -0.25) is 0 Å². The van der Waals surface area contributed by atoms with Gasteiger partial charge in [0.25, 0.3) is 0 Å². The highest BCUT2D eigenvalue weighted by Gasteiger charge is 2.18. The molecule has 0 saturated carbocycles. The van der Waals surface area contributed by atoms with Crippen LogP contribution in [0.4, 0.5) is 22.0 Å². The van der Waals surface area contributed by atoms with Gasteiger partial charge in [0, 0.05) is 35.3 Å². The Morgan fingerprint density at radius 2 is 1.88 bits per heavy atom. The van der Waals surface area contributed by atoms with E-state index in [0.717, 1.165) is 44.7 Å². The summed E-state index contributed by atoms with van der Waals surface area (Å²) in [4.78, 5) is 23.0. The Morgan fingerprint density at radius 1 is 1.09 bits per heavy atom. The quantitative estimate of drug-likeness (QED) is 0.355. The Labute approximate surface area is 190 Å². The molecule has 0 saturated heterocycles. The maximum Gasteiger partial charge on any atom is 0.323 e. The Kier molecular flexibility index (Phi) is 6.63. The molecular weight excluding hydrogens is 422 g/mol. The zero-order valence-corrected chi connectivity index (χ0v) is 18.8. The highest BCUT2D eigenvalue weighted by Crippen LogP contribution is 2.40. The van der Waals surface area contributed by atoms with Crippen molar-refractivity contribution in [3.05, 3.63) is 65.3 Å². The van der Waals surface area contributed by atoms with Crippen LogP contribution in [0.5, 0.6) is 0 Å². The number of amides is 2. The van der Waals surface area contributed by atoms with Crippen LogP contribution in [-0.4, -0.2) is 29.7 Å². The molecule has 0 aliphatic carbocycles. The summed E-state index contributed by atoms with van der Waals surface area (Å²) >= 11 is 1.60. The Balaban J connectivity index is 1.56. The number of aryl methyl sites for hydroxylation is 1. The maximum absolute atomic E-state index is 12.4. The van der Waals surface area contributed by atoms with E-state index >= 15 is 0 Å². The van der Waals surface area contributed by atoms with Crippen molar-refractivity contribution in [3.8, 4) is 11.1 Å². The maximum atomic E-state index is 12.4. The van der Waals surface area contributed by atoms with Gasteiger partial charge in [-0.05, 0) is 41.8 Å². The third-order valence-corrected chi connectivity index (χ3v) is 6.31. The molecule has 0 aliphatic rings. The van der Waals surface area contributed by atoms with E-state index in [1.54, 1.807) is 18.4 Å². The number of rotatable bonds is 7. The molecule has 0 unspecified atom stereocenters. The van der Waals surface area contributed by atoms with Crippen LogP contribution < -0.4 is 16.4 Å². The van der Waals surface area contributed by atoms with Crippen LogP contribution in [0.25, 0.3) is 21.3 Å². The summed E-state index contributed by atoms with van der Waals surface area (Å²) < 4.78 is 5.27. The molecule has 164 valence electrons. The van der Waals surface area contributed by atoms with Gasteiger partial charge >= 0.3 is 6.03 Å². The number of thiophene rings is 1. The standard InChI is InChI=1S/C24H25N5O2S/c1-3-15-5-4-6-18(13-15)29-24(30)28-17-9-7-16(8-10-17)20-19(11-12-31-2)32-23-21(20)22(25)26-14-27-23/h4-10,13-14H,3,11-12H2,1-2H3,(H2,25,26,27)(H2,28,29,30). The number of nitrogen functional groups attached to an aromatic ring is 1. The van der Waals surface area contributed by atoms with Gasteiger partial charge in [0.2, 0.25) is 0 Å². The van der Waals surface area contributed by atoms with Crippen LogP contribution in [0.1, 0.15) is 17.4 Å². The van der Waals surface area contributed by atoms with Crippen LogP contribution >= 0.6 is 11.3 Å². The molecule has 0 atom stereocenters. The summed E-state index contributed by atoms with van der Waals surface area (Å²) in [6, 6.07) is 15.2. The Morgan fingerprint density at radius 3 is 2.62 bits per heavy atom. The minimum absolute atomic E-state index is 0.287. The molecule has 8 heteroatoms. The van der Waals surface area contributed by atoms with Crippen LogP contribution in [0.2, 0.25) is 0 Å². The second-order valence-corrected chi connectivity index (χ2v) is 8.38. The number of nitrogens with two attached hydrogens (primary N) is 1. The van der Waals surface area contributed by atoms with E-state index < -0.39 is 0 Å². The zero-order valence-electron chi connectivity index (χ0n) is 18.0. The van der Waals surface area contributed by atoms with Crippen molar-refractivity contribution in [2.24, 2.45) is 0 Å². The normalized spacial score (nSPS) is 10.9. The molecule has 2 heterocycles. The fourth-order valence-corrected chi connectivity index (χ4v) is 4.71. The average molecular weight is 448 g/mol. The molecule has 0 bridgehead atoms. The number of aromatic nitrogens is 2. The molecule has 7 nitrogen and oxygen atoms in total. The predicted octanol–water partition coefficient (Wildman–Crippen LogP) is 5.34. The second-order valence-electron chi connectivity index (χ2n) is 7.29. The van der Waals surface area contributed by atoms with Crippen molar-refractivity contribution in [2.45, 2.75) is 19.8 Å². The van der Waals surface area contributed by atoms with Gasteiger partial charge in [0.15, 0.2) is 0 Å². The SMILES string of the molecule is CCc1cccc(NC(=O)Nc2ccc(-c3c(CCOC)sc4ncnc(N)c34)cc2)c1. The molecule has 2 amide bonds. The molecule has 0 fully saturated rings. The first kappa shape index (κ1) is 21.7. The monoisotopic (exact) mass is 447 g/mol. The number of methoxy groups -OCH3 is 1. The third kappa shape index (κ3) is 4.71. The first-order chi connectivity index (χ1) is 15.6. The molecule has 0 aliphatic heterocycles. The topological polar surface area (TPSA) is 102 Å². The predicted molar refractivity (Wildman–Crippen MR) is 131 cm³/mol. The summed E-state index contributed by atoms with van der Waals surface area (Å²) in [5.41, 5.74) is 10.8. The lowest BCUT2D eigenvalue weighted by atomic mass is 10.0. The van der Waals surface area contributed by atoms with E-state index in [2.05, 4.69) is 27.5 Å². The Hall–Kier alpha value is -3.49. The van der Waals surface area contributed by atoms with Gasteiger partial charge < -0.3 is 21.1 Å². The molecule has 2 aromatic carbocycles. The first-order valence-electron chi connectivity index (χ1n) is 10.4. The smallest absolute Gasteiger partial charge is 0.323 e. The number of fused-ring (bicyclic) bond motifs is 1. The highest BCUT2D eigenvalue weighted by atomic mass is 32.1. The van der Waals surface area contributed by atoms with Gasteiger partial charge in [0.1, 0.15) is 17.0 Å². The number of benzene rings is 2. The van der Waals surface area contributed by atoms with Gasteiger partial charge in [-0.25, -0.2) is 14.8 Å². The molecular formula is C24H25N5O2S. The second kappa shape index (κ2) is 9.76. The number of nitrogens with zero attached hydrogens (tertiary/aromatic N) is 2. The molecule has 4 rings (SSSR count). The summed E-state index contributed by atoms with van der Waals surface area (Å²) in [6.45, 7) is 2.68. The van der Waals surface area contributed by atoms with Crippen molar-refractivity contribution < 1.29 is 9.53 Å². The molecule has 4 aromatic rings. The van der Waals surface area contributed by atoms with Crippen LogP contribution in [0.3, 0.4) is 0 Å². The molecule has 4 N–H and O–H groups in total. The molecule has 32 heavy (non-hydrogen) atoms. The minimum atomic E-state index is -0.287. The summed E-state index contributed by atoms with van der Waals surface area (Å²) in [5, 5.41) is 6.62. The number of ether oxygens (including phenoxy) is 1. The summed E-state index contributed by atoms with van der Waals surface area (Å²) in [7, 11) is 1.69. The lowest BCUT2D eigenvalue weighted by Crippen LogP contribution is -2.19. The van der Waals surface area contributed by atoms with Crippen LogP contribution in [0.15, 0.2) is 54.9 Å². The fourth-order valence-electron chi connectivity index (χ4n) is 3.56. The van der Waals surface area contributed by atoms with E-state index in [9.17, 15) is 4.79 Å². The molecule has 0 radical (unpaired) electrons. The first-order valence-corrected chi connectivity index (χ1v) is 11.2. The number of nitrogens with one attached hydrogen (secondary N) is 2. The average Bonchev–Trinajstić information content (AvgIpc) is 3.18. The minimum Gasteiger partial charge on any atom is -0.384 e. The lowest BCUT2D eigenvalue weighted by Gasteiger charge is -2.10.